The Hall–Kier alpha value is -1.68. The molecule has 18 heavy (non-hydrogen) atoms. The van der Waals surface area contributed by atoms with Gasteiger partial charge < -0.3 is 0 Å². The highest BCUT2D eigenvalue weighted by atomic mass is 79.9. The fourth-order valence-corrected chi connectivity index (χ4v) is 2.07. The van der Waals surface area contributed by atoms with Gasteiger partial charge >= 0.3 is 0 Å². The third-order valence-electron chi connectivity index (χ3n) is 2.59. The van der Waals surface area contributed by atoms with Gasteiger partial charge in [-0.3, -0.25) is 9.48 Å². The summed E-state index contributed by atoms with van der Waals surface area (Å²) in [4.78, 5) is 12.0. The van der Waals surface area contributed by atoms with Gasteiger partial charge in [0.2, 0.25) is 5.78 Å². The van der Waals surface area contributed by atoms with E-state index in [4.69, 9.17) is 0 Å². The van der Waals surface area contributed by atoms with Gasteiger partial charge in [0.05, 0.1) is 0 Å². The van der Waals surface area contributed by atoms with Crippen LogP contribution in [-0.2, 0) is 6.54 Å². The van der Waals surface area contributed by atoms with E-state index in [2.05, 4.69) is 21.0 Å². The molecule has 0 bridgehead atoms. The molecule has 0 amide bonds. The zero-order chi connectivity index (χ0) is 13.0. The lowest BCUT2D eigenvalue weighted by Gasteiger charge is -2.00. The minimum absolute atomic E-state index is 0.0369. The number of hydrogen-bond donors (Lipinski definition) is 0. The van der Waals surface area contributed by atoms with Crippen LogP contribution in [0.1, 0.15) is 23.0 Å². The molecule has 1 aromatic heterocycles. The van der Waals surface area contributed by atoms with E-state index < -0.39 is 0 Å². The van der Waals surface area contributed by atoms with Crippen LogP contribution in [0.4, 0.5) is 0 Å². The molecule has 1 heterocycles. The molecule has 0 spiro atoms. The van der Waals surface area contributed by atoms with Crippen molar-refractivity contribution in [1.82, 2.24) is 9.78 Å². The van der Waals surface area contributed by atoms with Crippen molar-refractivity contribution in [3.63, 3.8) is 0 Å². The van der Waals surface area contributed by atoms with Crippen LogP contribution in [0.15, 0.2) is 47.1 Å². The summed E-state index contributed by atoms with van der Waals surface area (Å²) in [6.45, 7) is 2.65. The van der Waals surface area contributed by atoms with Gasteiger partial charge in [-0.05, 0) is 36.8 Å². The van der Waals surface area contributed by atoms with E-state index in [-0.39, 0.29) is 5.78 Å². The Morgan fingerprint density at radius 1 is 1.39 bits per heavy atom. The molecule has 92 valence electrons. The Balaban J connectivity index is 2.20. The average molecular weight is 305 g/mol. The summed E-state index contributed by atoms with van der Waals surface area (Å²) in [6, 6.07) is 9.50. The van der Waals surface area contributed by atoms with E-state index in [9.17, 15) is 4.79 Å². The number of carbonyl (C=O) groups is 1. The molecule has 0 atom stereocenters. The van der Waals surface area contributed by atoms with E-state index in [0.29, 0.717) is 12.2 Å². The number of carbonyl (C=O) groups excluding carboxylic acids is 1. The molecule has 0 aliphatic carbocycles. The van der Waals surface area contributed by atoms with Gasteiger partial charge in [0, 0.05) is 17.2 Å². The summed E-state index contributed by atoms with van der Waals surface area (Å²) in [6.07, 6.45) is 5.02. The van der Waals surface area contributed by atoms with E-state index in [1.807, 2.05) is 31.2 Å². The van der Waals surface area contributed by atoms with Crippen LogP contribution in [-0.4, -0.2) is 15.6 Å². The molecule has 0 N–H and O–H groups in total. The zero-order valence-electron chi connectivity index (χ0n) is 10.0. The molecule has 0 aliphatic rings. The van der Waals surface area contributed by atoms with Gasteiger partial charge in [-0.25, -0.2) is 0 Å². The van der Waals surface area contributed by atoms with Crippen molar-refractivity contribution >= 4 is 27.8 Å². The zero-order valence-corrected chi connectivity index (χ0v) is 11.6. The summed E-state index contributed by atoms with van der Waals surface area (Å²) in [5.41, 5.74) is 1.59. The van der Waals surface area contributed by atoms with Crippen molar-refractivity contribution in [3.05, 3.63) is 58.3 Å². The first kappa shape index (κ1) is 12.8. The van der Waals surface area contributed by atoms with Crippen LogP contribution in [0, 0.1) is 0 Å². The van der Waals surface area contributed by atoms with Crippen molar-refractivity contribution in [2.75, 3.05) is 0 Å². The minimum Gasteiger partial charge on any atom is -0.288 e. The van der Waals surface area contributed by atoms with E-state index in [0.717, 1.165) is 10.0 Å². The number of allylic oxidation sites excluding steroid dienone is 1. The van der Waals surface area contributed by atoms with Gasteiger partial charge in [-0.2, -0.15) is 5.10 Å². The number of hydrogen-bond acceptors (Lipinski definition) is 2. The highest BCUT2D eigenvalue weighted by Crippen LogP contribution is 2.17. The molecule has 0 aliphatic heterocycles. The maximum absolute atomic E-state index is 12.0. The molecule has 4 heteroatoms. The molecule has 1 aromatic carbocycles. The van der Waals surface area contributed by atoms with Gasteiger partial charge in [-0.15, -0.1) is 0 Å². The smallest absolute Gasteiger partial charge is 0.203 e. The first-order chi connectivity index (χ1) is 8.72. The minimum atomic E-state index is -0.0369. The van der Waals surface area contributed by atoms with Crippen molar-refractivity contribution in [2.45, 2.75) is 13.5 Å². The first-order valence-electron chi connectivity index (χ1n) is 5.71. The predicted molar refractivity (Wildman–Crippen MR) is 75.4 cm³/mol. The fourth-order valence-electron chi connectivity index (χ4n) is 1.66. The maximum atomic E-state index is 12.0. The van der Waals surface area contributed by atoms with Crippen molar-refractivity contribution in [1.29, 1.82) is 0 Å². The molecule has 0 saturated carbocycles. The molecule has 0 unspecified atom stereocenters. The Bertz CT molecular complexity index is 587. The van der Waals surface area contributed by atoms with Crippen LogP contribution < -0.4 is 0 Å². The second kappa shape index (κ2) is 5.78. The first-order valence-corrected chi connectivity index (χ1v) is 6.50. The van der Waals surface area contributed by atoms with Gasteiger partial charge in [0.15, 0.2) is 0 Å². The lowest BCUT2D eigenvalue weighted by Crippen LogP contribution is -2.07. The van der Waals surface area contributed by atoms with E-state index in [1.165, 1.54) is 0 Å². The molecule has 0 fully saturated rings. The number of aromatic nitrogens is 2. The number of ketones is 1. The third kappa shape index (κ3) is 2.76. The Labute approximate surface area is 114 Å². The Morgan fingerprint density at radius 3 is 2.89 bits per heavy atom. The lowest BCUT2D eigenvalue weighted by molar-refractivity contribution is 0.103. The highest BCUT2D eigenvalue weighted by Gasteiger charge is 2.07. The van der Waals surface area contributed by atoms with Crippen molar-refractivity contribution in [2.24, 2.45) is 0 Å². The second-order valence-corrected chi connectivity index (χ2v) is 4.61. The fraction of sp³-hybridized carbons (Fsp3) is 0.143. The number of halogens is 1. The summed E-state index contributed by atoms with van der Waals surface area (Å²) in [5.74, 6) is -0.0369. The molecule has 3 nitrogen and oxygen atoms in total. The van der Waals surface area contributed by atoms with Crippen LogP contribution in [0.25, 0.3) is 6.08 Å². The standard InChI is InChI=1S/C14H13BrN2O/c1-2-17-13(9-10-16-17)14(18)8-7-11-5-3-4-6-12(11)15/h3-10H,2H2,1H3/b8-7+. The molecular formula is C14H13BrN2O. The second-order valence-electron chi connectivity index (χ2n) is 3.75. The Kier molecular flexibility index (Phi) is 4.10. The predicted octanol–water partition coefficient (Wildman–Crippen LogP) is 3.56. The Morgan fingerprint density at radius 2 is 2.17 bits per heavy atom. The van der Waals surface area contributed by atoms with Crippen LogP contribution in [0.5, 0.6) is 0 Å². The van der Waals surface area contributed by atoms with Crippen molar-refractivity contribution < 1.29 is 4.79 Å². The summed E-state index contributed by atoms with van der Waals surface area (Å²) in [5, 5.41) is 4.08. The van der Waals surface area contributed by atoms with Crippen LogP contribution in [0.3, 0.4) is 0 Å². The number of nitrogens with zero attached hydrogens (tertiary/aromatic N) is 2. The van der Waals surface area contributed by atoms with Gasteiger partial charge in [0.1, 0.15) is 5.69 Å². The number of aryl methyl sites for hydroxylation is 1. The van der Waals surface area contributed by atoms with Crippen LogP contribution in [0.2, 0.25) is 0 Å². The highest BCUT2D eigenvalue weighted by molar-refractivity contribution is 9.10. The summed E-state index contributed by atoms with van der Waals surface area (Å²) in [7, 11) is 0. The molecule has 2 aromatic rings. The maximum Gasteiger partial charge on any atom is 0.203 e. The van der Waals surface area contributed by atoms with Gasteiger partial charge in [0.25, 0.3) is 0 Å². The molecule has 0 saturated heterocycles. The normalized spacial score (nSPS) is 11.0. The SMILES string of the molecule is CCn1nccc1C(=O)/C=C/c1ccccc1Br. The van der Waals surface area contributed by atoms with Gasteiger partial charge in [-0.1, -0.05) is 34.1 Å². The summed E-state index contributed by atoms with van der Waals surface area (Å²) >= 11 is 3.44. The monoisotopic (exact) mass is 304 g/mol. The van der Waals surface area contributed by atoms with E-state index >= 15 is 0 Å². The molecule has 0 radical (unpaired) electrons. The molecule has 2 rings (SSSR count). The van der Waals surface area contributed by atoms with Crippen LogP contribution >= 0.6 is 15.9 Å². The van der Waals surface area contributed by atoms with Crippen molar-refractivity contribution in [3.8, 4) is 0 Å². The lowest BCUT2D eigenvalue weighted by atomic mass is 10.2. The topological polar surface area (TPSA) is 34.9 Å². The third-order valence-corrected chi connectivity index (χ3v) is 3.31. The molecular weight excluding hydrogens is 292 g/mol. The number of benzene rings is 1. The quantitative estimate of drug-likeness (QED) is 0.639. The number of rotatable bonds is 4. The van der Waals surface area contributed by atoms with E-state index in [1.54, 1.807) is 29.1 Å². The summed E-state index contributed by atoms with van der Waals surface area (Å²) < 4.78 is 2.66. The largest absolute Gasteiger partial charge is 0.288 e. The average Bonchev–Trinajstić information content (AvgIpc) is 2.86.